The molecule has 0 aromatic carbocycles. The van der Waals surface area contributed by atoms with Crippen molar-refractivity contribution in [3.05, 3.63) is 0 Å². The van der Waals surface area contributed by atoms with Crippen molar-refractivity contribution in [2.45, 2.75) is 58.3 Å². The highest BCUT2D eigenvalue weighted by Gasteiger charge is 2.54. The second-order valence-corrected chi connectivity index (χ2v) is 6.81. The summed E-state index contributed by atoms with van der Waals surface area (Å²) in [6, 6.07) is 0.107. The first-order chi connectivity index (χ1) is 8.74. The van der Waals surface area contributed by atoms with Crippen LogP contribution >= 0.6 is 0 Å². The molecule has 5 nitrogen and oxygen atoms in total. The molecule has 1 saturated carbocycles. The number of ether oxygens (including phenoxy) is 2. The lowest BCUT2D eigenvalue weighted by atomic mass is 9.90. The molecule has 2 unspecified atom stereocenters. The lowest BCUT2D eigenvalue weighted by Gasteiger charge is -2.39. The van der Waals surface area contributed by atoms with E-state index in [-0.39, 0.29) is 23.7 Å². The Morgan fingerprint density at radius 3 is 2.58 bits per heavy atom. The molecule has 1 heterocycles. The zero-order valence-electron chi connectivity index (χ0n) is 12.4. The zero-order chi connectivity index (χ0) is 14.3. The number of carbonyl (C=O) groups is 1. The van der Waals surface area contributed by atoms with Crippen LogP contribution in [-0.2, 0) is 9.47 Å². The van der Waals surface area contributed by atoms with Gasteiger partial charge < -0.3 is 20.1 Å². The van der Waals surface area contributed by atoms with Crippen LogP contribution in [0.4, 0.5) is 4.79 Å². The van der Waals surface area contributed by atoms with Gasteiger partial charge in [0.15, 0.2) is 0 Å². The third-order valence-corrected chi connectivity index (χ3v) is 4.09. The van der Waals surface area contributed by atoms with Crippen LogP contribution in [-0.4, -0.2) is 48.4 Å². The van der Waals surface area contributed by atoms with Gasteiger partial charge in [-0.25, -0.2) is 4.79 Å². The first-order valence-electron chi connectivity index (χ1n) is 7.10. The van der Waals surface area contributed by atoms with Gasteiger partial charge in [0.1, 0.15) is 5.60 Å². The summed E-state index contributed by atoms with van der Waals surface area (Å²) >= 11 is 0. The van der Waals surface area contributed by atoms with E-state index in [1.54, 1.807) is 4.90 Å². The highest BCUT2D eigenvalue weighted by atomic mass is 16.6. The molecule has 0 spiro atoms. The number of nitrogens with two attached hydrogens (primary N) is 1. The van der Waals surface area contributed by atoms with Gasteiger partial charge in [0.05, 0.1) is 19.3 Å². The quantitative estimate of drug-likeness (QED) is 0.830. The fourth-order valence-electron chi connectivity index (χ4n) is 2.70. The maximum atomic E-state index is 12.1. The molecule has 0 aromatic heterocycles. The zero-order valence-corrected chi connectivity index (χ0v) is 12.4. The maximum Gasteiger partial charge on any atom is 0.410 e. The summed E-state index contributed by atoms with van der Waals surface area (Å²) in [5.74, 6) is 0. The van der Waals surface area contributed by atoms with Gasteiger partial charge >= 0.3 is 6.09 Å². The Kier molecular flexibility index (Phi) is 3.80. The number of morpholine rings is 1. The van der Waals surface area contributed by atoms with Crippen LogP contribution in [0.3, 0.4) is 0 Å². The van der Waals surface area contributed by atoms with E-state index in [0.29, 0.717) is 19.7 Å². The maximum absolute atomic E-state index is 12.1. The molecule has 1 aliphatic heterocycles. The van der Waals surface area contributed by atoms with E-state index < -0.39 is 5.60 Å². The first-order valence-corrected chi connectivity index (χ1v) is 7.10. The Morgan fingerprint density at radius 1 is 1.47 bits per heavy atom. The van der Waals surface area contributed by atoms with Crippen LogP contribution in [0, 0.1) is 5.41 Å². The molecule has 0 aromatic rings. The average molecular weight is 270 g/mol. The molecule has 2 N–H and O–H groups in total. The predicted octanol–water partition coefficient (Wildman–Crippen LogP) is 1.75. The Balaban J connectivity index is 1.96. The Morgan fingerprint density at radius 2 is 2.11 bits per heavy atom. The van der Waals surface area contributed by atoms with Crippen molar-refractivity contribution in [1.82, 2.24) is 4.90 Å². The Labute approximate surface area is 115 Å². The van der Waals surface area contributed by atoms with Crippen LogP contribution < -0.4 is 5.73 Å². The molecule has 1 amide bonds. The molecule has 2 aliphatic rings. The minimum absolute atomic E-state index is 0.0498. The highest BCUT2D eigenvalue weighted by Crippen LogP contribution is 2.52. The van der Waals surface area contributed by atoms with Gasteiger partial charge in [-0.05, 0) is 40.5 Å². The number of nitrogens with zero attached hydrogens (tertiary/aromatic N) is 1. The molecular formula is C14H26N2O3. The topological polar surface area (TPSA) is 64.8 Å². The van der Waals surface area contributed by atoms with E-state index in [1.165, 1.54) is 0 Å². The molecule has 2 atom stereocenters. The second-order valence-electron chi connectivity index (χ2n) is 6.81. The summed E-state index contributed by atoms with van der Waals surface area (Å²) < 4.78 is 11.3. The van der Waals surface area contributed by atoms with Crippen molar-refractivity contribution in [3.8, 4) is 0 Å². The predicted molar refractivity (Wildman–Crippen MR) is 72.9 cm³/mol. The molecule has 19 heavy (non-hydrogen) atoms. The van der Waals surface area contributed by atoms with Crippen molar-refractivity contribution < 1.29 is 14.3 Å². The largest absolute Gasteiger partial charge is 0.444 e. The van der Waals surface area contributed by atoms with Crippen molar-refractivity contribution in [2.75, 3.05) is 19.7 Å². The van der Waals surface area contributed by atoms with E-state index in [4.69, 9.17) is 15.2 Å². The summed E-state index contributed by atoms with van der Waals surface area (Å²) in [5, 5.41) is 0. The van der Waals surface area contributed by atoms with E-state index in [1.807, 2.05) is 27.7 Å². The fraction of sp³-hybridized carbons (Fsp3) is 0.929. The van der Waals surface area contributed by atoms with Crippen molar-refractivity contribution in [2.24, 2.45) is 11.1 Å². The van der Waals surface area contributed by atoms with Gasteiger partial charge in [-0.3, -0.25) is 0 Å². The first kappa shape index (κ1) is 14.6. The van der Waals surface area contributed by atoms with Crippen LogP contribution in [0.2, 0.25) is 0 Å². The van der Waals surface area contributed by atoms with Gasteiger partial charge in [0.25, 0.3) is 0 Å². The monoisotopic (exact) mass is 270 g/mol. The van der Waals surface area contributed by atoms with Crippen molar-refractivity contribution >= 4 is 6.09 Å². The SMILES string of the molecule is CC(N)C1(C2CN(C(=O)OC(C)(C)C)CCO2)CC1. The summed E-state index contributed by atoms with van der Waals surface area (Å²) in [7, 11) is 0. The molecule has 110 valence electrons. The molecule has 5 heteroatoms. The normalized spacial score (nSPS) is 27.8. The van der Waals surface area contributed by atoms with Crippen LogP contribution in [0.5, 0.6) is 0 Å². The van der Waals surface area contributed by atoms with Gasteiger partial charge in [0.2, 0.25) is 0 Å². The van der Waals surface area contributed by atoms with Crippen LogP contribution in [0.15, 0.2) is 0 Å². The van der Waals surface area contributed by atoms with Crippen LogP contribution in [0.1, 0.15) is 40.5 Å². The number of rotatable bonds is 2. The smallest absolute Gasteiger partial charge is 0.410 e. The number of amides is 1. The van der Waals surface area contributed by atoms with Gasteiger partial charge in [0, 0.05) is 18.0 Å². The van der Waals surface area contributed by atoms with Crippen molar-refractivity contribution in [1.29, 1.82) is 0 Å². The standard InChI is InChI=1S/C14H26N2O3/c1-10(15)14(5-6-14)11-9-16(7-8-18-11)12(17)19-13(2,3)4/h10-11H,5-9,15H2,1-4H3. The van der Waals surface area contributed by atoms with E-state index in [9.17, 15) is 4.79 Å². The molecule has 1 aliphatic carbocycles. The Hall–Kier alpha value is -0.810. The van der Waals surface area contributed by atoms with E-state index in [2.05, 4.69) is 0 Å². The third-order valence-electron chi connectivity index (χ3n) is 4.09. The molecule has 2 rings (SSSR count). The second kappa shape index (κ2) is 4.94. The average Bonchev–Trinajstić information content (AvgIpc) is 3.08. The lowest BCUT2D eigenvalue weighted by molar-refractivity contribution is -0.0739. The minimum Gasteiger partial charge on any atom is -0.444 e. The summed E-state index contributed by atoms with van der Waals surface area (Å²) in [4.78, 5) is 13.8. The summed E-state index contributed by atoms with van der Waals surface area (Å²) in [6.07, 6.45) is 1.99. The van der Waals surface area contributed by atoms with E-state index in [0.717, 1.165) is 12.8 Å². The number of hydrogen-bond donors (Lipinski definition) is 1. The summed E-state index contributed by atoms with van der Waals surface area (Å²) in [5.41, 5.74) is 5.69. The van der Waals surface area contributed by atoms with Gasteiger partial charge in [-0.15, -0.1) is 0 Å². The number of hydrogen-bond acceptors (Lipinski definition) is 4. The molecule has 0 radical (unpaired) electrons. The van der Waals surface area contributed by atoms with E-state index >= 15 is 0 Å². The summed E-state index contributed by atoms with van der Waals surface area (Å²) in [6.45, 7) is 9.44. The highest BCUT2D eigenvalue weighted by molar-refractivity contribution is 5.68. The number of carbonyl (C=O) groups excluding carboxylic acids is 1. The Bertz CT molecular complexity index is 345. The van der Waals surface area contributed by atoms with Gasteiger partial charge in [-0.2, -0.15) is 0 Å². The third kappa shape index (κ3) is 3.20. The van der Waals surface area contributed by atoms with Crippen LogP contribution in [0.25, 0.3) is 0 Å². The van der Waals surface area contributed by atoms with Crippen molar-refractivity contribution in [3.63, 3.8) is 0 Å². The lowest BCUT2D eigenvalue weighted by Crippen LogP contribution is -2.53. The fourth-order valence-corrected chi connectivity index (χ4v) is 2.70. The molecule has 0 bridgehead atoms. The molecule has 2 fully saturated rings. The molecule has 1 saturated heterocycles. The molecular weight excluding hydrogens is 244 g/mol. The minimum atomic E-state index is -0.455. The van der Waals surface area contributed by atoms with Gasteiger partial charge in [-0.1, -0.05) is 0 Å².